The van der Waals surface area contributed by atoms with Gasteiger partial charge in [-0.05, 0) is 23.4 Å². The summed E-state index contributed by atoms with van der Waals surface area (Å²) in [4.78, 5) is 11.3. The van der Waals surface area contributed by atoms with E-state index in [-0.39, 0.29) is 0 Å². The molecule has 0 aliphatic heterocycles. The molecule has 5 heteroatoms. The highest BCUT2D eigenvalue weighted by Crippen LogP contribution is 2.63. The summed E-state index contributed by atoms with van der Waals surface area (Å²) < 4.78 is 26.4. The lowest BCUT2D eigenvalue weighted by Gasteiger charge is -2.11. The molecular weight excluding hydrogens is 222 g/mol. The molecule has 1 heterocycles. The van der Waals surface area contributed by atoms with E-state index in [2.05, 4.69) is 0 Å². The van der Waals surface area contributed by atoms with Crippen LogP contribution in [0.4, 0.5) is 8.78 Å². The number of carbonyl (C=O) groups is 1. The van der Waals surface area contributed by atoms with Crippen LogP contribution in [0, 0.1) is 0 Å². The molecule has 1 aromatic rings. The molecule has 1 unspecified atom stereocenters. The molecule has 0 radical (unpaired) electrons. The van der Waals surface area contributed by atoms with E-state index in [1.807, 2.05) is 6.92 Å². The van der Waals surface area contributed by atoms with Crippen LogP contribution in [-0.2, 0) is 16.6 Å². The topological polar surface area (TPSA) is 37.3 Å². The van der Waals surface area contributed by atoms with E-state index in [9.17, 15) is 13.6 Å². The Hall–Kier alpha value is -0.970. The molecule has 1 atom stereocenters. The summed E-state index contributed by atoms with van der Waals surface area (Å²) in [7, 11) is 0. The molecule has 2 nitrogen and oxygen atoms in total. The number of thiophene rings is 1. The maximum Gasteiger partial charge on any atom is 0.321 e. The fraction of sp³-hybridized carbons (Fsp3) is 0.500. The quantitative estimate of drug-likeness (QED) is 0.869. The highest BCUT2D eigenvalue weighted by molar-refractivity contribution is 7.10. The van der Waals surface area contributed by atoms with Crippen molar-refractivity contribution < 1.29 is 18.7 Å². The van der Waals surface area contributed by atoms with E-state index in [1.165, 1.54) is 0 Å². The van der Waals surface area contributed by atoms with Gasteiger partial charge >= 0.3 is 5.97 Å². The van der Waals surface area contributed by atoms with Gasteiger partial charge in [0.2, 0.25) is 0 Å². The van der Waals surface area contributed by atoms with Gasteiger partial charge < -0.3 is 5.11 Å². The lowest BCUT2D eigenvalue weighted by atomic mass is 9.99. The summed E-state index contributed by atoms with van der Waals surface area (Å²) in [6, 6.07) is 1.72. The molecule has 82 valence electrons. The minimum absolute atomic E-state index is 0.322. The van der Waals surface area contributed by atoms with Crippen LogP contribution in [0.15, 0.2) is 11.4 Å². The predicted octanol–water partition coefficient (Wildman–Crippen LogP) is 2.67. The van der Waals surface area contributed by atoms with Crippen molar-refractivity contribution in [3.63, 3.8) is 0 Å². The molecule has 0 bridgehead atoms. The van der Waals surface area contributed by atoms with Gasteiger partial charge in [0, 0.05) is 11.3 Å². The fourth-order valence-electron chi connectivity index (χ4n) is 1.85. The van der Waals surface area contributed by atoms with E-state index >= 15 is 0 Å². The molecule has 1 aliphatic carbocycles. The Morgan fingerprint density at radius 2 is 2.27 bits per heavy atom. The first kappa shape index (κ1) is 10.5. The van der Waals surface area contributed by atoms with Gasteiger partial charge in [-0.2, -0.15) is 0 Å². The standard InChI is InChI=1S/C10H10F2O2S/c1-2-6-3-4-15-7(6)9(8(13)14)5-10(9,11)12/h3-4H,2,5H2,1H3,(H,13,14). The largest absolute Gasteiger partial charge is 0.480 e. The first-order valence-corrected chi connectivity index (χ1v) is 5.51. The Labute approximate surface area is 89.5 Å². The summed E-state index contributed by atoms with van der Waals surface area (Å²) in [5.41, 5.74) is -1.22. The van der Waals surface area contributed by atoms with Gasteiger partial charge in [-0.3, -0.25) is 4.79 Å². The molecule has 2 rings (SSSR count). The van der Waals surface area contributed by atoms with E-state index in [1.54, 1.807) is 11.4 Å². The van der Waals surface area contributed by atoms with E-state index in [4.69, 9.17) is 5.11 Å². The molecule has 1 saturated carbocycles. The third kappa shape index (κ3) is 1.22. The minimum atomic E-state index is -3.09. The Balaban J connectivity index is 2.50. The zero-order valence-electron chi connectivity index (χ0n) is 8.09. The van der Waals surface area contributed by atoms with Gasteiger partial charge in [0.25, 0.3) is 5.92 Å². The lowest BCUT2D eigenvalue weighted by Crippen LogP contribution is -2.27. The first-order valence-electron chi connectivity index (χ1n) is 4.64. The lowest BCUT2D eigenvalue weighted by molar-refractivity contribution is -0.142. The zero-order chi connectivity index (χ0) is 11.3. The van der Waals surface area contributed by atoms with Crippen LogP contribution in [0.25, 0.3) is 0 Å². The second-order valence-corrected chi connectivity index (χ2v) is 4.64. The molecule has 15 heavy (non-hydrogen) atoms. The van der Waals surface area contributed by atoms with Gasteiger partial charge in [-0.1, -0.05) is 6.92 Å². The Morgan fingerprint density at radius 1 is 1.67 bits per heavy atom. The van der Waals surface area contributed by atoms with Crippen molar-refractivity contribution >= 4 is 17.3 Å². The van der Waals surface area contributed by atoms with Crippen molar-refractivity contribution in [2.75, 3.05) is 0 Å². The Morgan fingerprint density at radius 3 is 2.67 bits per heavy atom. The number of carboxylic acids is 1. The fourth-order valence-corrected chi connectivity index (χ4v) is 3.10. The number of rotatable bonds is 3. The van der Waals surface area contributed by atoms with Crippen LogP contribution in [0.2, 0.25) is 0 Å². The van der Waals surface area contributed by atoms with Gasteiger partial charge in [-0.25, -0.2) is 8.78 Å². The van der Waals surface area contributed by atoms with Crippen LogP contribution in [-0.4, -0.2) is 17.0 Å². The van der Waals surface area contributed by atoms with Crippen LogP contribution < -0.4 is 0 Å². The molecule has 1 fully saturated rings. The number of hydrogen-bond acceptors (Lipinski definition) is 2. The number of aliphatic carboxylic acids is 1. The van der Waals surface area contributed by atoms with Gasteiger partial charge in [0.05, 0.1) is 0 Å². The molecule has 1 aliphatic rings. The molecule has 0 aromatic carbocycles. The molecule has 0 amide bonds. The summed E-state index contributed by atoms with van der Waals surface area (Å²) in [6.07, 6.45) is 0.0206. The molecule has 1 N–H and O–H groups in total. The van der Waals surface area contributed by atoms with Gasteiger partial charge in [0.15, 0.2) is 5.41 Å². The number of alkyl halides is 2. The van der Waals surface area contributed by atoms with Crippen LogP contribution in [0.5, 0.6) is 0 Å². The average Bonchev–Trinajstić information content (AvgIpc) is 2.60. The average molecular weight is 232 g/mol. The smallest absolute Gasteiger partial charge is 0.321 e. The highest BCUT2D eigenvalue weighted by Gasteiger charge is 2.78. The Bertz CT molecular complexity index is 413. The summed E-state index contributed by atoms with van der Waals surface area (Å²) >= 11 is 1.11. The second kappa shape index (κ2) is 3.01. The summed E-state index contributed by atoms with van der Waals surface area (Å²) in [5.74, 6) is -4.50. The first-order chi connectivity index (χ1) is 6.95. The monoisotopic (exact) mass is 232 g/mol. The van der Waals surface area contributed by atoms with Gasteiger partial charge in [-0.15, -0.1) is 11.3 Å². The maximum atomic E-state index is 13.2. The maximum absolute atomic E-state index is 13.2. The van der Waals surface area contributed by atoms with Crippen LogP contribution in [0.1, 0.15) is 23.8 Å². The van der Waals surface area contributed by atoms with Crippen molar-refractivity contribution in [3.05, 3.63) is 21.9 Å². The zero-order valence-corrected chi connectivity index (χ0v) is 8.91. The molecular formula is C10H10F2O2S. The summed E-state index contributed by atoms with van der Waals surface area (Å²) in [6.45, 7) is 1.83. The number of hydrogen-bond donors (Lipinski definition) is 1. The normalized spacial score (nSPS) is 27.7. The van der Waals surface area contributed by atoms with E-state index in [0.29, 0.717) is 11.3 Å². The molecule has 0 saturated heterocycles. The number of aryl methyl sites for hydroxylation is 1. The Kier molecular flexibility index (Phi) is 2.12. The van der Waals surface area contributed by atoms with Crippen molar-refractivity contribution in [1.29, 1.82) is 0 Å². The van der Waals surface area contributed by atoms with Crippen molar-refractivity contribution in [2.45, 2.75) is 31.1 Å². The van der Waals surface area contributed by atoms with Crippen molar-refractivity contribution in [1.82, 2.24) is 0 Å². The third-order valence-corrected chi connectivity index (χ3v) is 3.99. The SMILES string of the molecule is CCc1ccsc1C1(C(=O)O)CC1(F)F. The second-order valence-electron chi connectivity index (χ2n) is 3.72. The van der Waals surface area contributed by atoms with Crippen LogP contribution >= 0.6 is 11.3 Å². The highest BCUT2D eigenvalue weighted by atomic mass is 32.1. The van der Waals surface area contributed by atoms with Crippen molar-refractivity contribution in [2.24, 2.45) is 0 Å². The van der Waals surface area contributed by atoms with Crippen LogP contribution in [0.3, 0.4) is 0 Å². The predicted molar refractivity (Wildman–Crippen MR) is 52.6 cm³/mol. The number of halogens is 2. The van der Waals surface area contributed by atoms with Crippen molar-refractivity contribution in [3.8, 4) is 0 Å². The molecule has 0 spiro atoms. The summed E-state index contributed by atoms with van der Waals surface area (Å²) in [5, 5.41) is 10.6. The number of carboxylic acid groups (broad SMARTS) is 1. The third-order valence-electron chi connectivity index (χ3n) is 2.87. The van der Waals surface area contributed by atoms with Gasteiger partial charge in [0.1, 0.15) is 0 Å². The van der Waals surface area contributed by atoms with E-state index in [0.717, 1.165) is 16.9 Å². The van der Waals surface area contributed by atoms with E-state index < -0.39 is 23.7 Å². The molecule has 1 aromatic heterocycles. The minimum Gasteiger partial charge on any atom is -0.480 e.